The number of rotatable bonds is 1. The SMILES string of the molecule is C/C=C(/C)c1cnc(Cl)cc1C. The van der Waals surface area contributed by atoms with Crippen molar-refractivity contribution in [2.24, 2.45) is 0 Å². The van der Waals surface area contributed by atoms with Gasteiger partial charge in [0.25, 0.3) is 0 Å². The molecule has 0 aliphatic heterocycles. The summed E-state index contributed by atoms with van der Waals surface area (Å²) in [6.07, 6.45) is 3.88. The number of hydrogen-bond donors (Lipinski definition) is 0. The molecule has 2 heteroatoms. The van der Waals surface area contributed by atoms with Crippen LogP contribution < -0.4 is 0 Å². The molecule has 1 aromatic heterocycles. The van der Waals surface area contributed by atoms with Crippen LogP contribution in [-0.2, 0) is 0 Å². The normalized spacial score (nSPS) is 11.8. The molecule has 1 aromatic rings. The van der Waals surface area contributed by atoms with Crippen LogP contribution in [0.4, 0.5) is 0 Å². The van der Waals surface area contributed by atoms with Crippen molar-refractivity contribution >= 4 is 17.2 Å². The Morgan fingerprint density at radius 2 is 2.25 bits per heavy atom. The van der Waals surface area contributed by atoms with E-state index in [4.69, 9.17) is 11.6 Å². The molecule has 0 saturated carbocycles. The largest absolute Gasteiger partial charge is 0.244 e. The van der Waals surface area contributed by atoms with Crippen LogP contribution in [0.25, 0.3) is 5.57 Å². The average Bonchev–Trinajstić information content (AvgIpc) is 2.03. The van der Waals surface area contributed by atoms with Crippen LogP contribution in [-0.4, -0.2) is 4.98 Å². The van der Waals surface area contributed by atoms with Crippen LogP contribution in [0.1, 0.15) is 25.0 Å². The van der Waals surface area contributed by atoms with E-state index in [0.717, 1.165) is 0 Å². The van der Waals surface area contributed by atoms with Gasteiger partial charge in [-0.3, -0.25) is 0 Å². The lowest BCUT2D eigenvalue weighted by Gasteiger charge is -2.04. The molecule has 0 aliphatic carbocycles. The maximum Gasteiger partial charge on any atom is 0.129 e. The second kappa shape index (κ2) is 3.72. The van der Waals surface area contributed by atoms with Crippen LogP contribution in [0.2, 0.25) is 5.15 Å². The Balaban J connectivity index is 3.18. The van der Waals surface area contributed by atoms with E-state index in [9.17, 15) is 0 Å². The van der Waals surface area contributed by atoms with Gasteiger partial charge in [0.05, 0.1) is 0 Å². The van der Waals surface area contributed by atoms with Crippen LogP contribution in [0.15, 0.2) is 18.3 Å². The lowest BCUT2D eigenvalue weighted by atomic mass is 10.1. The average molecular weight is 182 g/mol. The molecule has 1 nitrogen and oxygen atoms in total. The van der Waals surface area contributed by atoms with Gasteiger partial charge in [-0.25, -0.2) is 4.98 Å². The summed E-state index contributed by atoms with van der Waals surface area (Å²) in [5.41, 5.74) is 3.57. The molecule has 0 bridgehead atoms. The number of hydrogen-bond acceptors (Lipinski definition) is 1. The van der Waals surface area contributed by atoms with Gasteiger partial charge in [0.2, 0.25) is 0 Å². The Morgan fingerprint density at radius 1 is 1.58 bits per heavy atom. The summed E-state index contributed by atoms with van der Waals surface area (Å²) >= 11 is 5.73. The molecule has 0 spiro atoms. The van der Waals surface area contributed by atoms with E-state index in [2.05, 4.69) is 18.0 Å². The molecule has 12 heavy (non-hydrogen) atoms. The highest BCUT2D eigenvalue weighted by atomic mass is 35.5. The van der Waals surface area contributed by atoms with E-state index < -0.39 is 0 Å². The molecule has 0 radical (unpaired) electrons. The summed E-state index contributed by atoms with van der Waals surface area (Å²) in [5.74, 6) is 0. The Bertz CT molecular complexity index is 316. The summed E-state index contributed by atoms with van der Waals surface area (Å²) < 4.78 is 0. The van der Waals surface area contributed by atoms with Gasteiger partial charge in [0.15, 0.2) is 0 Å². The van der Waals surface area contributed by atoms with E-state index in [1.165, 1.54) is 16.7 Å². The topological polar surface area (TPSA) is 12.9 Å². The van der Waals surface area contributed by atoms with Gasteiger partial charge < -0.3 is 0 Å². The monoisotopic (exact) mass is 181 g/mol. The van der Waals surface area contributed by atoms with Gasteiger partial charge in [-0.2, -0.15) is 0 Å². The molecule has 0 atom stereocenters. The van der Waals surface area contributed by atoms with Crippen LogP contribution in [0, 0.1) is 6.92 Å². The Labute approximate surface area is 78.1 Å². The van der Waals surface area contributed by atoms with Crippen LogP contribution >= 0.6 is 11.6 Å². The van der Waals surface area contributed by atoms with E-state index >= 15 is 0 Å². The van der Waals surface area contributed by atoms with Gasteiger partial charge in [0.1, 0.15) is 5.15 Å². The van der Waals surface area contributed by atoms with E-state index in [1.807, 2.05) is 26.1 Å². The molecule has 0 aliphatic rings. The fraction of sp³-hybridized carbons (Fsp3) is 0.300. The first-order chi connectivity index (χ1) is 5.65. The third-order valence-electron chi connectivity index (χ3n) is 1.94. The van der Waals surface area contributed by atoms with Crippen molar-refractivity contribution in [1.82, 2.24) is 4.98 Å². The van der Waals surface area contributed by atoms with Gasteiger partial charge >= 0.3 is 0 Å². The number of allylic oxidation sites excluding steroid dienone is 2. The fourth-order valence-electron chi connectivity index (χ4n) is 1.09. The van der Waals surface area contributed by atoms with E-state index in [1.54, 1.807) is 0 Å². The highest BCUT2D eigenvalue weighted by molar-refractivity contribution is 6.29. The molecule has 0 N–H and O–H groups in total. The fourth-order valence-corrected chi connectivity index (χ4v) is 1.30. The standard InChI is InChI=1S/C10H12ClN/c1-4-7(2)9-6-12-10(11)5-8(9)3/h4-6H,1-3H3/b7-4-. The molecular formula is C10H12ClN. The highest BCUT2D eigenvalue weighted by Gasteiger charge is 2.00. The molecule has 1 rings (SSSR count). The van der Waals surface area contributed by atoms with E-state index in [0.29, 0.717) is 5.15 Å². The molecular weight excluding hydrogens is 170 g/mol. The zero-order valence-electron chi connectivity index (χ0n) is 7.56. The highest BCUT2D eigenvalue weighted by Crippen LogP contribution is 2.19. The van der Waals surface area contributed by atoms with Crippen molar-refractivity contribution in [3.8, 4) is 0 Å². The van der Waals surface area contributed by atoms with Gasteiger partial charge in [-0.05, 0) is 43.5 Å². The first-order valence-electron chi connectivity index (χ1n) is 3.90. The summed E-state index contributed by atoms with van der Waals surface area (Å²) in [6, 6.07) is 1.88. The summed E-state index contributed by atoms with van der Waals surface area (Å²) in [4.78, 5) is 4.03. The zero-order chi connectivity index (χ0) is 9.14. The number of pyridine rings is 1. The van der Waals surface area contributed by atoms with Crippen molar-refractivity contribution in [3.05, 3.63) is 34.6 Å². The van der Waals surface area contributed by atoms with E-state index in [-0.39, 0.29) is 0 Å². The molecule has 0 amide bonds. The first-order valence-corrected chi connectivity index (χ1v) is 4.28. The third kappa shape index (κ3) is 1.86. The second-order valence-corrected chi connectivity index (χ2v) is 3.18. The number of nitrogens with zero attached hydrogens (tertiary/aromatic N) is 1. The minimum Gasteiger partial charge on any atom is -0.244 e. The van der Waals surface area contributed by atoms with Crippen molar-refractivity contribution < 1.29 is 0 Å². The van der Waals surface area contributed by atoms with Crippen molar-refractivity contribution in [2.75, 3.05) is 0 Å². The third-order valence-corrected chi connectivity index (χ3v) is 2.14. The quantitative estimate of drug-likeness (QED) is 0.605. The second-order valence-electron chi connectivity index (χ2n) is 2.79. The first kappa shape index (κ1) is 9.27. The van der Waals surface area contributed by atoms with Gasteiger partial charge in [0, 0.05) is 6.20 Å². The van der Waals surface area contributed by atoms with Gasteiger partial charge in [-0.1, -0.05) is 17.7 Å². The zero-order valence-corrected chi connectivity index (χ0v) is 8.31. The number of aromatic nitrogens is 1. The lowest BCUT2D eigenvalue weighted by molar-refractivity contribution is 1.25. The maximum atomic E-state index is 5.73. The van der Waals surface area contributed by atoms with Crippen LogP contribution in [0.5, 0.6) is 0 Å². The molecule has 0 saturated heterocycles. The summed E-state index contributed by atoms with van der Waals surface area (Å²) in [7, 11) is 0. The molecule has 0 aromatic carbocycles. The smallest absolute Gasteiger partial charge is 0.129 e. The minimum atomic E-state index is 0.556. The predicted molar refractivity (Wildman–Crippen MR) is 53.3 cm³/mol. The predicted octanol–water partition coefficient (Wildman–Crippen LogP) is 3.47. The number of halogens is 1. The lowest BCUT2D eigenvalue weighted by Crippen LogP contribution is -1.87. The Kier molecular flexibility index (Phi) is 2.88. The molecule has 0 unspecified atom stereocenters. The minimum absolute atomic E-state index is 0.556. The number of aryl methyl sites for hydroxylation is 1. The van der Waals surface area contributed by atoms with Gasteiger partial charge in [-0.15, -0.1) is 0 Å². The van der Waals surface area contributed by atoms with Crippen molar-refractivity contribution in [3.63, 3.8) is 0 Å². The summed E-state index contributed by atoms with van der Waals surface area (Å²) in [5, 5.41) is 0.556. The molecule has 1 heterocycles. The summed E-state index contributed by atoms with van der Waals surface area (Å²) in [6.45, 7) is 6.12. The molecule has 64 valence electrons. The maximum absolute atomic E-state index is 5.73. The van der Waals surface area contributed by atoms with Crippen molar-refractivity contribution in [2.45, 2.75) is 20.8 Å². The van der Waals surface area contributed by atoms with Crippen molar-refractivity contribution in [1.29, 1.82) is 0 Å². The van der Waals surface area contributed by atoms with Crippen LogP contribution in [0.3, 0.4) is 0 Å². The Morgan fingerprint density at radius 3 is 2.75 bits per heavy atom. The molecule has 0 fully saturated rings. The Hall–Kier alpha value is -0.820.